The molecule has 1 aliphatic carbocycles. The predicted octanol–water partition coefficient (Wildman–Crippen LogP) is 1.46. The van der Waals surface area contributed by atoms with Crippen molar-refractivity contribution in [3.63, 3.8) is 0 Å². The molecule has 2 heteroatoms. The molecule has 2 nitrogen and oxygen atoms in total. The zero-order valence-corrected chi connectivity index (χ0v) is 7.02. The van der Waals surface area contributed by atoms with Gasteiger partial charge in [-0.25, -0.2) is 0 Å². The Kier molecular flexibility index (Phi) is 1.44. The molecule has 1 amide bonds. The van der Waals surface area contributed by atoms with Crippen molar-refractivity contribution in [3.8, 4) is 0 Å². The average Bonchev–Trinajstić information content (AvgIpc) is 1.79. The monoisotopic (exact) mass is 153 g/mol. The van der Waals surface area contributed by atoms with Gasteiger partial charge in [0.05, 0.1) is 5.54 Å². The van der Waals surface area contributed by atoms with E-state index in [1.165, 1.54) is 19.3 Å². The van der Waals surface area contributed by atoms with Crippen molar-refractivity contribution in [2.75, 3.05) is 0 Å². The van der Waals surface area contributed by atoms with Crippen LogP contribution in [-0.4, -0.2) is 11.4 Å². The number of hydrogen-bond acceptors (Lipinski definition) is 1. The largest absolute Gasteiger partial charge is 0.350 e. The summed E-state index contributed by atoms with van der Waals surface area (Å²) in [4.78, 5) is 10.8. The highest BCUT2D eigenvalue weighted by Gasteiger charge is 2.48. The summed E-state index contributed by atoms with van der Waals surface area (Å²) in [6.07, 6.45) is 5.92. The van der Waals surface area contributed by atoms with Gasteiger partial charge in [-0.3, -0.25) is 4.79 Å². The second kappa shape index (κ2) is 2.23. The topological polar surface area (TPSA) is 29.1 Å². The van der Waals surface area contributed by atoms with Gasteiger partial charge in [0.2, 0.25) is 5.91 Å². The zero-order chi connectivity index (χ0) is 7.90. The smallest absolute Gasteiger partial charge is 0.222 e. The van der Waals surface area contributed by atoms with Crippen LogP contribution >= 0.6 is 0 Å². The van der Waals surface area contributed by atoms with Gasteiger partial charge in [0, 0.05) is 6.42 Å². The lowest BCUT2D eigenvalue weighted by Gasteiger charge is -2.51. The van der Waals surface area contributed by atoms with Crippen molar-refractivity contribution in [2.45, 2.75) is 44.6 Å². The summed E-state index contributed by atoms with van der Waals surface area (Å²) in [5.41, 5.74) is 0.231. The number of amides is 1. The number of carbonyl (C=O) groups is 1. The van der Waals surface area contributed by atoms with E-state index in [4.69, 9.17) is 0 Å². The van der Waals surface area contributed by atoms with Crippen LogP contribution in [0, 0.1) is 5.92 Å². The van der Waals surface area contributed by atoms with E-state index in [1.54, 1.807) is 0 Å². The molecule has 1 aliphatic heterocycles. The molecule has 2 rings (SSSR count). The second-order valence-corrected chi connectivity index (χ2v) is 3.86. The Morgan fingerprint density at radius 3 is 2.55 bits per heavy atom. The average molecular weight is 153 g/mol. The Morgan fingerprint density at radius 1 is 1.64 bits per heavy atom. The van der Waals surface area contributed by atoms with E-state index in [9.17, 15) is 4.79 Å². The summed E-state index contributed by atoms with van der Waals surface area (Å²) in [7, 11) is 0. The lowest BCUT2D eigenvalue weighted by molar-refractivity contribution is -0.137. The van der Waals surface area contributed by atoms with Gasteiger partial charge in [0.15, 0.2) is 0 Å². The van der Waals surface area contributed by atoms with Crippen LogP contribution in [0.5, 0.6) is 0 Å². The van der Waals surface area contributed by atoms with Crippen molar-refractivity contribution in [3.05, 3.63) is 0 Å². The lowest BCUT2D eigenvalue weighted by Crippen LogP contribution is -2.65. The first-order chi connectivity index (χ1) is 5.27. The van der Waals surface area contributed by atoms with Crippen molar-refractivity contribution in [1.82, 2.24) is 5.32 Å². The molecule has 0 bridgehead atoms. The Balaban J connectivity index is 2.00. The van der Waals surface area contributed by atoms with E-state index >= 15 is 0 Å². The maximum absolute atomic E-state index is 10.8. The third kappa shape index (κ3) is 0.883. The number of rotatable bonds is 2. The van der Waals surface area contributed by atoms with Crippen LogP contribution in [0.25, 0.3) is 0 Å². The normalized spacial score (nSPS) is 37.4. The molecule has 1 unspecified atom stereocenters. The molecule has 0 spiro atoms. The van der Waals surface area contributed by atoms with E-state index in [0.717, 1.165) is 18.8 Å². The predicted molar refractivity (Wildman–Crippen MR) is 43.1 cm³/mol. The number of β-lactam (4-membered cyclic amide) rings is 1. The van der Waals surface area contributed by atoms with Crippen LogP contribution in [0.2, 0.25) is 0 Å². The zero-order valence-electron chi connectivity index (χ0n) is 7.02. The molecule has 1 saturated heterocycles. The number of nitrogens with one attached hydrogen (secondary N) is 1. The van der Waals surface area contributed by atoms with Crippen LogP contribution in [0.3, 0.4) is 0 Å². The Labute approximate surface area is 67.4 Å². The van der Waals surface area contributed by atoms with Crippen molar-refractivity contribution < 1.29 is 4.79 Å². The SMILES string of the molecule is CCC1(C2CCC2)CC(=O)N1. The van der Waals surface area contributed by atoms with Gasteiger partial charge in [-0.2, -0.15) is 0 Å². The molecule has 1 heterocycles. The van der Waals surface area contributed by atoms with Gasteiger partial charge in [0.25, 0.3) is 0 Å². The van der Waals surface area contributed by atoms with Gasteiger partial charge >= 0.3 is 0 Å². The summed E-state index contributed by atoms with van der Waals surface area (Å²) in [5, 5.41) is 3.07. The van der Waals surface area contributed by atoms with Crippen LogP contribution in [-0.2, 0) is 4.79 Å². The first-order valence-electron chi connectivity index (χ1n) is 4.58. The highest BCUT2D eigenvalue weighted by atomic mass is 16.2. The molecule has 62 valence electrons. The minimum Gasteiger partial charge on any atom is -0.350 e. The van der Waals surface area contributed by atoms with Crippen molar-refractivity contribution in [2.24, 2.45) is 5.92 Å². The fraction of sp³-hybridized carbons (Fsp3) is 0.889. The minimum absolute atomic E-state index is 0.231. The quantitative estimate of drug-likeness (QED) is 0.598. The van der Waals surface area contributed by atoms with Gasteiger partial charge in [-0.05, 0) is 25.2 Å². The van der Waals surface area contributed by atoms with Gasteiger partial charge in [-0.15, -0.1) is 0 Å². The maximum atomic E-state index is 10.8. The first kappa shape index (κ1) is 7.14. The highest BCUT2D eigenvalue weighted by Crippen LogP contribution is 2.43. The molecule has 0 aromatic carbocycles. The minimum atomic E-state index is 0.231. The van der Waals surface area contributed by atoms with E-state index in [-0.39, 0.29) is 11.4 Å². The fourth-order valence-corrected chi connectivity index (χ4v) is 2.26. The molecule has 0 aromatic heterocycles. The van der Waals surface area contributed by atoms with Gasteiger partial charge in [0.1, 0.15) is 0 Å². The summed E-state index contributed by atoms with van der Waals surface area (Å²) in [6.45, 7) is 2.18. The van der Waals surface area contributed by atoms with Crippen molar-refractivity contribution >= 4 is 5.91 Å². The number of hydrogen-bond donors (Lipinski definition) is 1. The molecule has 11 heavy (non-hydrogen) atoms. The molecular weight excluding hydrogens is 138 g/mol. The molecule has 1 saturated carbocycles. The molecule has 1 atom stereocenters. The molecule has 1 N–H and O–H groups in total. The molecule has 0 aromatic rings. The van der Waals surface area contributed by atoms with E-state index in [2.05, 4.69) is 12.2 Å². The Hall–Kier alpha value is -0.530. The van der Waals surface area contributed by atoms with E-state index in [1.807, 2.05) is 0 Å². The first-order valence-corrected chi connectivity index (χ1v) is 4.58. The molecular formula is C9H15NO. The molecule has 2 aliphatic rings. The standard InChI is InChI=1S/C9H15NO/c1-2-9(6-8(11)10-9)7-4-3-5-7/h7H,2-6H2,1H3,(H,10,11). The van der Waals surface area contributed by atoms with Crippen LogP contribution in [0.4, 0.5) is 0 Å². The molecule has 0 radical (unpaired) electrons. The third-order valence-corrected chi connectivity index (χ3v) is 3.38. The third-order valence-electron chi connectivity index (χ3n) is 3.38. The van der Waals surface area contributed by atoms with Gasteiger partial charge in [-0.1, -0.05) is 13.3 Å². The maximum Gasteiger partial charge on any atom is 0.222 e. The fourth-order valence-electron chi connectivity index (χ4n) is 2.26. The Morgan fingerprint density at radius 2 is 2.27 bits per heavy atom. The van der Waals surface area contributed by atoms with Crippen LogP contribution in [0.1, 0.15) is 39.0 Å². The van der Waals surface area contributed by atoms with Crippen LogP contribution in [0.15, 0.2) is 0 Å². The van der Waals surface area contributed by atoms with Crippen molar-refractivity contribution in [1.29, 1.82) is 0 Å². The highest BCUT2D eigenvalue weighted by molar-refractivity contribution is 5.84. The van der Waals surface area contributed by atoms with E-state index in [0.29, 0.717) is 0 Å². The van der Waals surface area contributed by atoms with E-state index < -0.39 is 0 Å². The summed E-state index contributed by atoms with van der Waals surface area (Å²) in [6, 6.07) is 0. The molecule has 2 fully saturated rings. The van der Waals surface area contributed by atoms with Gasteiger partial charge < -0.3 is 5.32 Å². The summed E-state index contributed by atoms with van der Waals surface area (Å²) in [5.74, 6) is 1.05. The van der Waals surface area contributed by atoms with Crippen LogP contribution < -0.4 is 5.32 Å². The number of carbonyl (C=O) groups excluding carboxylic acids is 1. The Bertz CT molecular complexity index is 176. The second-order valence-electron chi connectivity index (χ2n) is 3.86. The lowest BCUT2D eigenvalue weighted by atomic mass is 9.64. The summed E-state index contributed by atoms with van der Waals surface area (Å²) >= 11 is 0. The summed E-state index contributed by atoms with van der Waals surface area (Å²) < 4.78 is 0.